The van der Waals surface area contributed by atoms with Crippen molar-refractivity contribution in [3.8, 4) is 0 Å². The quantitative estimate of drug-likeness (QED) is 0.774. The highest BCUT2D eigenvalue weighted by atomic mass is 32.1. The molecule has 0 atom stereocenters. The summed E-state index contributed by atoms with van der Waals surface area (Å²) in [6, 6.07) is 0. The van der Waals surface area contributed by atoms with Gasteiger partial charge < -0.3 is 4.90 Å². The normalized spacial score (nSPS) is 19.8. The van der Waals surface area contributed by atoms with Gasteiger partial charge in [0.1, 0.15) is 4.88 Å². The first kappa shape index (κ1) is 12.8. The molecule has 6 heteroatoms. The molecule has 0 aliphatic carbocycles. The zero-order chi connectivity index (χ0) is 12.6. The molecule has 0 N–H and O–H groups in total. The molecule has 0 unspecified atom stereocenters. The van der Waals surface area contributed by atoms with Gasteiger partial charge in [0.2, 0.25) is 0 Å². The third-order valence-electron chi connectivity index (χ3n) is 3.14. The Morgan fingerprint density at radius 3 is 2.35 bits per heavy atom. The third kappa shape index (κ3) is 2.80. The number of rotatable bonds is 1. The minimum Gasteiger partial charge on any atom is -0.306 e. The number of alkyl halides is 3. The molecule has 1 fully saturated rings. The van der Waals surface area contributed by atoms with E-state index in [2.05, 4.69) is 9.88 Å². The third-order valence-corrected chi connectivity index (χ3v) is 4.50. The summed E-state index contributed by atoms with van der Waals surface area (Å²) in [4.78, 5) is 5.77. The predicted molar refractivity (Wildman–Crippen MR) is 61.3 cm³/mol. The lowest BCUT2D eigenvalue weighted by Gasteiger charge is -2.27. The standard InChI is InChI=1S/C11H15F3N2S/c1-7-9(11(12,13)14)17-10(15-7)8-3-5-16(2)6-4-8/h8H,3-6H2,1-2H3. The number of hydrogen-bond acceptors (Lipinski definition) is 3. The second-order valence-corrected chi connectivity index (χ2v) is 5.57. The summed E-state index contributed by atoms with van der Waals surface area (Å²) >= 11 is 0.820. The predicted octanol–water partition coefficient (Wildman–Crippen LogP) is 3.28. The van der Waals surface area contributed by atoms with E-state index in [1.54, 1.807) is 0 Å². The molecule has 96 valence electrons. The Hall–Kier alpha value is -0.620. The summed E-state index contributed by atoms with van der Waals surface area (Å²) in [6.07, 6.45) is -2.45. The van der Waals surface area contributed by atoms with E-state index < -0.39 is 11.1 Å². The lowest BCUT2D eigenvalue weighted by Crippen LogP contribution is -2.29. The molecule has 1 aromatic heterocycles. The van der Waals surface area contributed by atoms with Crippen LogP contribution >= 0.6 is 11.3 Å². The molecule has 1 aromatic rings. The first-order valence-corrected chi connectivity index (χ1v) is 6.42. The number of thiazole rings is 1. The molecule has 2 heterocycles. The number of hydrogen-bond donors (Lipinski definition) is 0. The lowest BCUT2D eigenvalue weighted by molar-refractivity contribution is -0.134. The van der Waals surface area contributed by atoms with Crippen molar-refractivity contribution in [2.75, 3.05) is 20.1 Å². The highest BCUT2D eigenvalue weighted by Gasteiger charge is 2.36. The fraction of sp³-hybridized carbons (Fsp3) is 0.727. The first-order chi connectivity index (χ1) is 7.88. The molecule has 1 aliphatic heterocycles. The Labute approximate surface area is 102 Å². The average Bonchev–Trinajstić information content (AvgIpc) is 2.61. The van der Waals surface area contributed by atoms with Crippen molar-refractivity contribution in [2.45, 2.75) is 31.9 Å². The van der Waals surface area contributed by atoms with E-state index in [0.29, 0.717) is 5.01 Å². The van der Waals surface area contributed by atoms with E-state index in [1.807, 2.05) is 7.05 Å². The Bertz CT molecular complexity index is 392. The molecule has 2 nitrogen and oxygen atoms in total. The van der Waals surface area contributed by atoms with Gasteiger partial charge in [-0.2, -0.15) is 13.2 Å². The average molecular weight is 264 g/mol. The van der Waals surface area contributed by atoms with E-state index in [0.717, 1.165) is 37.3 Å². The minimum absolute atomic E-state index is 0.122. The van der Waals surface area contributed by atoms with Gasteiger partial charge >= 0.3 is 6.18 Å². The highest BCUT2D eigenvalue weighted by Crippen LogP contribution is 2.40. The van der Waals surface area contributed by atoms with Gasteiger partial charge in [0, 0.05) is 5.92 Å². The van der Waals surface area contributed by atoms with Crippen LogP contribution in [-0.4, -0.2) is 30.0 Å². The van der Waals surface area contributed by atoms with Crippen LogP contribution in [0.2, 0.25) is 0 Å². The number of aryl methyl sites for hydroxylation is 1. The van der Waals surface area contributed by atoms with E-state index in [-0.39, 0.29) is 11.6 Å². The van der Waals surface area contributed by atoms with Crippen molar-refractivity contribution in [1.29, 1.82) is 0 Å². The van der Waals surface area contributed by atoms with Gasteiger partial charge in [-0.15, -0.1) is 11.3 Å². The van der Waals surface area contributed by atoms with Crippen molar-refractivity contribution >= 4 is 11.3 Å². The minimum atomic E-state index is -4.26. The van der Waals surface area contributed by atoms with Gasteiger partial charge in [-0.25, -0.2) is 4.98 Å². The van der Waals surface area contributed by atoms with Crippen LogP contribution in [0.25, 0.3) is 0 Å². The molecule has 1 saturated heterocycles. The molecule has 0 spiro atoms. The van der Waals surface area contributed by atoms with E-state index in [1.165, 1.54) is 6.92 Å². The zero-order valence-electron chi connectivity index (χ0n) is 9.84. The second kappa shape index (κ2) is 4.57. The maximum absolute atomic E-state index is 12.7. The number of halogens is 3. The number of nitrogens with zero attached hydrogens (tertiary/aromatic N) is 2. The van der Waals surface area contributed by atoms with Crippen LogP contribution in [0.3, 0.4) is 0 Å². The van der Waals surface area contributed by atoms with Gasteiger partial charge in [0.15, 0.2) is 0 Å². The molecule has 0 saturated carbocycles. The van der Waals surface area contributed by atoms with Gasteiger partial charge in [0.25, 0.3) is 0 Å². The summed E-state index contributed by atoms with van der Waals surface area (Å²) < 4.78 is 38.0. The van der Waals surface area contributed by atoms with Gasteiger partial charge in [-0.1, -0.05) is 0 Å². The van der Waals surface area contributed by atoms with Crippen LogP contribution in [0.1, 0.15) is 34.3 Å². The topological polar surface area (TPSA) is 16.1 Å². The first-order valence-electron chi connectivity index (χ1n) is 5.61. The maximum atomic E-state index is 12.7. The molecule has 0 radical (unpaired) electrons. The fourth-order valence-corrected chi connectivity index (χ4v) is 3.21. The van der Waals surface area contributed by atoms with Crippen LogP contribution < -0.4 is 0 Å². The van der Waals surface area contributed by atoms with Crippen molar-refractivity contribution in [3.63, 3.8) is 0 Å². The fourth-order valence-electron chi connectivity index (χ4n) is 2.11. The van der Waals surface area contributed by atoms with E-state index in [9.17, 15) is 13.2 Å². The largest absolute Gasteiger partial charge is 0.427 e. The van der Waals surface area contributed by atoms with Crippen LogP contribution in [0.5, 0.6) is 0 Å². The number of aromatic nitrogens is 1. The summed E-state index contributed by atoms with van der Waals surface area (Å²) in [5.41, 5.74) is 0.122. The Kier molecular flexibility index (Phi) is 3.45. The molecular weight excluding hydrogens is 249 g/mol. The molecule has 0 bridgehead atoms. The van der Waals surface area contributed by atoms with Crippen LogP contribution in [0.4, 0.5) is 13.2 Å². The van der Waals surface area contributed by atoms with Crippen molar-refractivity contribution in [3.05, 3.63) is 15.6 Å². The molecule has 0 amide bonds. The van der Waals surface area contributed by atoms with Crippen molar-refractivity contribution in [1.82, 2.24) is 9.88 Å². The molecular formula is C11H15F3N2S. The number of likely N-dealkylation sites (tertiary alicyclic amines) is 1. The van der Waals surface area contributed by atoms with E-state index in [4.69, 9.17) is 0 Å². The zero-order valence-corrected chi connectivity index (χ0v) is 10.7. The lowest BCUT2D eigenvalue weighted by atomic mass is 9.98. The SMILES string of the molecule is Cc1nc(C2CCN(C)CC2)sc1C(F)(F)F. The van der Waals surface area contributed by atoms with Crippen molar-refractivity contribution < 1.29 is 13.2 Å². The molecule has 2 rings (SSSR count). The Morgan fingerprint density at radius 2 is 1.88 bits per heavy atom. The van der Waals surface area contributed by atoms with Crippen molar-refractivity contribution in [2.24, 2.45) is 0 Å². The highest BCUT2D eigenvalue weighted by molar-refractivity contribution is 7.12. The van der Waals surface area contributed by atoms with Crippen LogP contribution in [0.15, 0.2) is 0 Å². The maximum Gasteiger partial charge on any atom is 0.427 e. The number of piperidine rings is 1. The summed E-state index contributed by atoms with van der Waals surface area (Å²) in [5, 5.41) is 0.655. The van der Waals surface area contributed by atoms with Gasteiger partial charge in [-0.3, -0.25) is 0 Å². The Balaban J connectivity index is 2.18. The monoisotopic (exact) mass is 264 g/mol. The molecule has 0 aromatic carbocycles. The summed E-state index contributed by atoms with van der Waals surface area (Å²) in [6.45, 7) is 3.31. The molecule has 17 heavy (non-hydrogen) atoms. The van der Waals surface area contributed by atoms with Gasteiger partial charge in [-0.05, 0) is 39.9 Å². The summed E-state index contributed by atoms with van der Waals surface area (Å²) in [5.74, 6) is 0.200. The molecule has 1 aliphatic rings. The summed E-state index contributed by atoms with van der Waals surface area (Å²) in [7, 11) is 2.03. The second-order valence-electron chi connectivity index (χ2n) is 4.54. The smallest absolute Gasteiger partial charge is 0.306 e. The van der Waals surface area contributed by atoms with Crippen LogP contribution in [-0.2, 0) is 6.18 Å². The van der Waals surface area contributed by atoms with Crippen LogP contribution in [0, 0.1) is 6.92 Å². The Morgan fingerprint density at radius 1 is 1.29 bits per heavy atom. The van der Waals surface area contributed by atoms with E-state index >= 15 is 0 Å². The van der Waals surface area contributed by atoms with Gasteiger partial charge in [0.05, 0.1) is 10.7 Å².